The van der Waals surface area contributed by atoms with E-state index in [2.05, 4.69) is 0 Å². The van der Waals surface area contributed by atoms with Gasteiger partial charge in [-0.25, -0.2) is 10.0 Å². The monoisotopic (exact) mass is 234 g/mol. The molecule has 0 atom stereocenters. The fraction of sp³-hybridized carbons (Fsp3) is 0.750. The minimum atomic E-state index is 0.675. The lowest BCUT2D eigenvalue weighted by Crippen LogP contribution is -2.53. The highest BCUT2D eigenvalue weighted by atomic mass is 32.1. The molecule has 0 heterocycles. The molecule has 6 heteroatoms. The van der Waals surface area contributed by atoms with E-state index < -0.39 is 0 Å². The van der Waals surface area contributed by atoms with Gasteiger partial charge in [-0.1, -0.05) is 0 Å². The fourth-order valence-electron chi connectivity index (χ4n) is 0.803. The molecule has 0 aromatic carbocycles. The Balaban J connectivity index is 4.78. The smallest absolute Gasteiger partial charge is 0.192 e. The van der Waals surface area contributed by atoms with Crippen molar-refractivity contribution < 1.29 is 0 Å². The van der Waals surface area contributed by atoms with E-state index in [1.54, 1.807) is 5.01 Å². The van der Waals surface area contributed by atoms with E-state index >= 15 is 0 Å². The van der Waals surface area contributed by atoms with Gasteiger partial charge in [0.05, 0.1) is 0 Å². The SMILES string of the molecule is CN(C)C(=S)N(C(=S)N(C)C)N(C)C. The summed E-state index contributed by atoms with van der Waals surface area (Å²) in [7, 11) is 11.4. The van der Waals surface area contributed by atoms with Crippen LogP contribution in [0.5, 0.6) is 0 Å². The van der Waals surface area contributed by atoms with Gasteiger partial charge >= 0.3 is 0 Å². The zero-order chi connectivity index (χ0) is 11.5. The van der Waals surface area contributed by atoms with Gasteiger partial charge in [0, 0.05) is 42.3 Å². The molecule has 0 fully saturated rings. The lowest BCUT2D eigenvalue weighted by atomic mass is 10.7. The van der Waals surface area contributed by atoms with Gasteiger partial charge in [0.1, 0.15) is 0 Å². The molecule has 0 spiro atoms. The molecule has 14 heavy (non-hydrogen) atoms. The Labute approximate surface area is 97.0 Å². The third-order valence-electron chi connectivity index (χ3n) is 1.53. The maximum Gasteiger partial charge on any atom is 0.192 e. The first-order valence-corrected chi connectivity index (χ1v) is 5.00. The quantitative estimate of drug-likeness (QED) is 0.479. The highest BCUT2D eigenvalue weighted by molar-refractivity contribution is 7.81. The molecule has 0 unspecified atom stereocenters. The summed E-state index contributed by atoms with van der Waals surface area (Å²) in [6, 6.07) is 0. The summed E-state index contributed by atoms with van der Waals surface area (Å²) in [4.78, 5) is 3.70. The van der Waals surface area contributed by atoms with Crippen molar-refractivity contribution in [2.75, 3.05) is 42.3 Å². The summed E-state index contributed by atoms with van der Waals surface area (Å²) in [5.41, 5.74) is 0. The molecule has 0 aromatic rings. The number of hydrogen-bond acceptors (Lipinski definition) is 3. The molecule has 0 radical (unpaired) electrons. The van der Waals surface area contributed by atoms with Crippen molar-refractivity contribution in [2.24, 2.45) is 0 Å². The van der Waals surface area contributed by atoms with E-state index in [0.717, 1.165) is 0 Å². The molecule has 0 saturated heterocycles. The molecule has 0 aliphatic carbocycles. The van der Waals surface area contributed by atoms with Crippen molar-refractivity contribution in [3.63, 3.8) is 0 Å². The average molecular weight is 234 g/mol. The first-order chi connectivity index (χ1) is 6.29. The van der Waals surface area contributed by atoms with Crippen molar-refractivity contribution in [1.82, 2.24) is 19.8 Å². The van der Waals surface area contributed by atoms with Crippen LogP contribution >= 0.6 is 24.4 Å². The number of hydrogen-bond donors (Lipinski definition) is 0. The Morgan fingerprint density at radius 3 is 1.14 bits per heavy atom. The highest BCUT2D eigenvalue weighted by Gasteiger charge is 2.19. The van der Waals surface area contributed by atoms with E-state index in [1.165, 1.54) is 0 Å². The van der Waals surface area contributed by atoms with Crippen LogP contribution in [0, 0.1) is 0 Å². The zero-order valence-corrected chi connectivity index (χ0v) is 11.2. The molecule has 82 valence electrons. The van der Waals surface area contributed by atoms with Crippen LogP contribution in [0.3, 0.4) is 0 Å². The second kappa shape index (κ2) is 5.43. The van der Waals surface area contributed by atoms with E-state index in [4.69, 9.17) is 24.4 Å². The minimum absolute atomic E-state index is 0.675. The molecule has 0 amide bonds. The van der Waals surface area contributed by atoms with E-state index in [1.807, 2.05) is 57.1 Å². The van der Waals surface area contributed by atoms with E-state index in [-0.39, 0.29) is 0 Å². The first kappa shape index (κ1) is 13.5. The number of thiocarbonyl (C=S) groups is 2. The topological polar surface area (TPSA) is 13.0 Å². The maximum absolute atomic E-state index is 5.27. The third kappa shape index (κ3) is 3.36. The van der Waals surface area contributed by atoms with Crippen LogP contribution in [0.4, 0.5) is 0 Å². The molecule has 4 nitrogen and oxygen atoms in total. The molecule has 0 saturated carbocycles. The Morgan fingerprint density at radius 1 is 0.714 bits per heavy atom. The lowest BCUT2D eigenvalue weighted by molar-refractivity contribution is 0.172. The Kier molecular flexibility index (Phi) is 5.25. The zero-order valence-electron chi connectivity index (χ0n) is 9.61. The maximum atomic E-state index is 5.27. The second-order valence-corrected chi connectivity index (χ2v) is 4.24. The van der Waals surface area contributed by atoms with Crippen LogP contribution in [-0.2, 0) is 0 Å². The molecule has 0 aliphatic heterocycles. The van der Waals surface area contributed by atoms with Gasteiger partial charge in [0.15, 0.2) is 10.2 Å². The number of hydrazine groups is 1. The summed E-state index contributed by atoms with van der Waals surface area (Å²) < 4.78 is 0. The van der Waals surface area contributed by atoms with Crippen LogP contribution in [-0.4, -0.2) is 72.3 Å². The van der Waals surface area contributed by atoms with Crippen LogP contribution in [0.25, 0.3) is 0 Å². The van der Waals surface area contributed by atoms with Crippen molar-refractivity contribution >= 4 is 34.7 Å². The second-order valence-electron chi connectivity index (χ2n) is 3.51. The number of nitrogens with zero attached hydrogens (tertiary/aromatic N) is 4. The van der Waals surface area contributed by atoms with Crippen LogP contribution in [0.2, 0.25) is 0 Å². The summed E-state index contributed by atoms with van der Waals surface area (Å²) in [5.74, 6) is 0. The first-order valence-electron chi connectivity index (χ1n) is 4.19. The predicted octanol–water partition coefficient (Wildman–Crippen LogP) is 0.458. The van der Waals surface area contributed by atoms with Crippen LogP contribution in [0.1, 0.15) is 0 Å². The van der Waals surface area contributed by atoms with Gasteiger partial charge in [0.25, 0.3) is 0 Å². The molecule has 0 bridgehead atoms. The van der Waals surface area contributed by atoms with Gasteiger partial charge in [-0.2, -0.15) is 0 Å². The summed E-state index contributed by atoms with van der Waals surface area (Å²) in [6.45, 7) is 0. The van der Waals surface area contributed by atoms with Crippen molar-refractivity contribution in [3.8, 4) is 0 Å². The number of rotatable bonds is 1. The van der Waals surface area contributed by atoms with Gasteiger partial charge in [-0.05, 0) is 24.4 Å². The minimum Gasteiger partial charge on any atom is -0.354 e. The lowest BCUT2D eigenvalue weighted by Gasteiger charge is -2.36. The Bertz CT molecular complexity index is 205. The molecule has 0 aliphatic rings. The van der Waals surface area contributed by atoms with Crippen molar-refractivity contribution in [3.05, 3.63) is 0 Å². The molecular formula is C8H18N4S2. The normalized spacial score (nSPS) is 9.93. The molecular weight excluding hydrogens is 216 g/mol. The van der Waals surface area contributed by atoms with Crippen molar-refractivity contribution in [2.45, 2.75) is 0 Å². The highest BCUT2D eigenvalue weighted by Crippen LogP contribution is 2.02. The van der Waals surface area contributed by atoms with E-state index in [0.29, 0.717) is 10.2 Å². The van der Waals surface area contributed by atoms with Gasteiger partial charge in [-0.15, -0.1) is 0 Å². The Hall–Kier alpha value is -0.460. The molecule has 0 N–H and O–H groups in total. The third-order valence-corrected chi connectivity index (χ3v) is 2.60. The average Bonchev–Trinajstić information content (AvgIpc) is 2.03. The molecule has 0 rings (SSSR count). The van der Waals surface area contributed by atoms with Gasteiger partial charge in [0.2, 0.25) is 0 Å². The van der Waals surface area contributed by atoms with Crippen LogP contribution in [0.15, 0.2) is 0 Å². The van der Waals surface area contributed by atoms with E-state index in [9.17, 15) is 0 Å². The standard InChI is InChI=1S/C8H18N4S2/c1-9(2)7(13)12(11(5)6)8(14)10(3)4/h1-6H3. The summed E-state index contributed by atoms with van der Waals surface area (Å²) in [5, 5.41) is 5.01. The largest absolute Gasteiger partial charge is 0.354 e. The van der Waals surface area contributed by atoms with Gasteiger partial charge < -0.3 is 9.80 Å². The van der Waals surface area contributed by atoms with Gasteiger partial charge in [-0.3, -0.25) is 0 Å². The van der Waals surface area contributed by atoms with Crippen LogP contribution < -0.4 is 0 Å². The summed E-state index contributed by atoms with van der Waals surface area (Å²) in [6.07, 6.45) is 0. The summed E-state index contributed by atoms with van der Waals surface area (Å²) >= 11 is 10.5. The fourth-order valence-corrected chi connectivity index (χ4v) is 1.36. The molecule has 0 aromatic heterocycles. The predicted molar refractivity (Wildman–Crippen MR) is 68.1 cm³/mol. The van der Waals surface area contributed by atoms with Crippen molar-refractivity contribution in [1.29, 1.82) is 0 Å². The Morgan fingerprint density at radius 2 is 1.00 bits per heavy atom.